The summed E-state index contributed by atoms with van der Waals surface area (Å²) >= 11 is 0. The number of aliphatic hydroxyl groups excluding tert-OH is 2. The third-order valence-corrected chi connectivity index (χ3v) is 4.79. The van der Waals surface area contributed by atoms with Crippen LogP contribution in [0.25, 0.3) is 0 Å². The van der Waals surface area contributed by atoms with E-state index in [0.29, 0.717) is 6.42 Å². The molecule has 6 nitrogen and oxygen atoms in total. The second kappa shape index (κ2) is 22.6. The molecule has 0 spiro atoms. The zero-order valence-electron chi connectivity index (χ0n) is 18.1. The average molecular weight is 407 g/mol. The standard InChI is InChI=1S/C18H36O4.C4H10O2/c1-2-3-4-5-6-7-8-9-10-11-12-13-14-15-16-18(21,22)17(19)20;5-3-1-2-4-6/h21-22H,2-16H2,1H3,(H,19,20);5-6H,1-4H2. The molecule has 0 saturated heterocycles. The van der Waals surface area contributed by atoms with E-state index in [2.05, 4.69) is 6.92 Å². The van der Waals surface area contributed by atoms with Crippen molar-refractivity contribution in [3.8, 4) is 0 Å². The molecule has 0 aliphatic rings. The molecule has 170 valence electrons. The Balaban J connectivity index is 0. The van der Waals surface area contributed by atoms with Crippen LogP contribution in [0.2, 0.25) is 0 Å². The van der Waals surface area contributed by atoms with Crippen LogP contribution in [-0.4, -0.2) is 50.5 Å². The SMILES string of the molecule is CCCCCCCCCCCCCCCCC(O)(O)C(=O)O.OCCCCO. The fourth-order valence-electron chi connectivity index (χ4n) is 2.90. The summed E-state index contributed by atoms with van der Waals surface area (Å²) in [4.78, 5) is 10.5. The molecule has 0 aromatic carbocycles. The first-order chi connectivity index (χ1) is 13.4. The minimum Gasteiger partial charge on any atom is -0.477 e. The van der Waals surface area contributed by atoms with Crippen molar-refractivity contribution in [1.29, 1.82) is 0 Å². The van der Waals surface area contributed by atoms with E-state index in [1.165, 1.54) is 64.2 Å². The van der Waals surface area contributed by atoms with Gasteiger partial charge in [0.05, 0.1) is 0 Å². The van der Waals surface area contributed by atoms with Gasteiger partial charge in [-0.3, -0.25) is 0 Å². The van der Waals surface area contributed by atoms with Crippen LogP contribution in [0.15, 0.2) is 0 Å². The molecule has 0 atom stereocenters. The van der Waals surface area contributed by atoms with Crippen LogP contribution in [0.1, 0.15) is 116 Å². The van der Waals surface area contributed by atoms with E-state index in [0.717, 1.165) is 32.1 Å². The number of unbranched alkanes of at least 4 members (excludes halogenated alkanes) is 14. The van der Waals surface area contributed by atoms with Gasteiger partial charge in [0.2, 0.25) is 0 Å². The van der Waals surface area contributed by atoms with Gasteiger partial charge in [-0.1, -0.05) is 90.4 Å². The largest absolute Gasteiger partial charge is 0.477 e. The van der Waals surface area contributed by atoms with E-state index in [-0.39, 0.29) is 19.6 Å². The van der Waals surface area contributed by atoms with Crippen molar-refractivity contribution in [3.63, 3.8) is 0 Å². The molecule has 0 heterocycles. The topological polar surface area (TPSA) is 118 Å². The first-order valence-electron chi connectivity index (χ1n) is 11.3. The zero-order chi connectivity index (χ0) is 21.5. The Morgan fingerprint density at radius 3 is 1.21 bits per heavy atom. The van der Waals surface area contributed by atoms with Gasteiger partial charge in [-0.25, -0.2) is 4.79 Å². The maximum absolute atomic E-state index is 10.5. The lowest BCUT2D eigenvalue weighted by Gasteiger charge is -2.15. The van der Waals surface area contributed by atoms with E-state index in [1.54, 1.807) is 0 Å². The van der Waals surface area contributed by atoms with Crippen LogP contribution in [0, 0.1) is 0 Å². The molecule has 5 N–H and O–H groups in total. The second-order valence-electron chi connectivity index (χ2n) is 7.62. The number of hydrogen-bond acceptors (Lipinski definition) is 5. The van der Waals surface area contributed by atoms with E-state index < -0.39 is 11.8 Å². The monoisotopic (exact) mass is 406 g/mol. The Labute approximate surface area is 172 Å². The molecule has 0 aliphatic carbocycles. The molecule has 0 aliphatic heterocycles. The highest BCUT2D eigenvalue weighted by Crippen LogP contribution is 2.16. The molecule has 0 saturated carbocycles. The first kappa shape index (κ1) is 29.5. The molecule has 28 heavy (non-hydrogen) atoms. The number of aliphatic hydroxyl groups is 4. The quantitative estimate of drug-likeness (QED) is 0.160. The van der Waals surface area contributed by atoms with Gasteiger partial charge in [-0.15, -0.1) is 0 Å². The molecule has 0 radical (unpaired) electrons. The molecule has 0 bridgehead atoms. The van der Waals surface area contributed by atoms with Crippen LogP contribution in [-0.2, 0) is 4.79 Å². The predicted molar refractivity (Wildman–Crippen MR) is 113 cm³/mol. The maximum Gasteiger partial charge on any atom is 0.364 e. The van der Waals surface area contributed by atoms with Crippen LogP contribution in [0.3, 0.4) is 0 Å². The molecular weight excluding hydrogens is 360 g/mol. The van der Waals surface area contributed by atoms with Gasteiger partial charge in [-0.05, 0) is 19.3 Å². The van der Waals surface area contributed by atoms with Crippen LogP contribution in [0.4, 0.5) is 0 Å². The van der Waals surface area contributed by atoms with E-state index in [4.69, 9.17) is 25.5 Å². The molecule has 0 aromatic rings. The molecule has 0 amide bonds. The van der Waals surface area contributed by atoms with Gasteiger partial charge in [-0.2, -0.15) is 0 Å². The molecule has 0 unspecified atom stereocenters. The van der Waals surface area contributed by atoms with E-state index in [1.807, 2.05) is 0 Å². The van der Waals surface area contributed by atoms with Gasteiger partial charge < -0.3 is 25.5 Å². The summed E-state index contributed by atoms with van der Waals surface area (Å²) in [5, 5.41) is 43.0. The van der Waals surface area contributed by atoms with Crippen molar-refractivity contribution in [2.24, 2.45) is 0 Å². The summed E-state index contributed by atoms with van der Waals surface area (Å²) in [5.41, 5.74) is 0. The molecule has 6 heteroatoms. The Bertz CT molecular complexity index is 316. The Hall–Kier alpha value is -0.690. The summed E-state index contributed by atoms with van der Waals surface area (Å²) in [6.07, 6.45) is 18.4. The average Bonchev–Trinajstić information content (AvgIpc) is 2.67. The van der Waals surface area contributed by atoms with Gasteiger partial charge in [0.1, 0.15) is 0 Å². The third-order valence-electron chi connectivity index (χ3n) is 4.79. The third kappa shape index (κ3) is 23.3. The number of carbonyl (C=O) groups is 1. The lowest BCUT2D eigenvalue weighted by Crippen LogP contribution is -2.37. The molecule has 0 fully saturated rings. The summed E-state index contributed by atoms with van der Waals surface area (Å²) in [6.45, 7) is 2.64. The van der Waals surface area contributed by atoms with Crippen LogP contribution < -0.4 is 0 Å². The molecule has 0 aromatic heterocycles. The fourth-order valence-corrected chi connectivity index (χ4v) is 2.90. The number of carboxylic acid groups (broad SMARTS) is 1. The lowest BCUT2D eigenvalue weighted by atomic mass is 10.0. The normalized spacial score (nSPS) is 11.2. The first-order valence-corrected chi connectivity index (χ1v) is 11.3. The van der Waals surface area contributed by atoms with Crippen molar-refractivity contribution in [2.75, 3.05) is 13.2 Å². The molecule has 0 rings (SSSR count). The van der Waals surface area contributed by atoms with Gasteiger partial charge in [0.15, 0.2) is 0 Å². The van der Waals surface area contributed by atoms with Crippen LogP contribution >= 0.6 is 0 Å². The van der Waals surface area contributed by atoms with Crippen molar-refractivity contribution in [1.82, 2.24) is 0 Å². The summed E-state index contributed by atoms with van der Waals surface area (Å²) in [6, 6.07) is 0. The Morgan fingerprint density at radius 2 is 0.929 bits per heavy atom. The number of aliphatic carboxylic acids is 1. The predicted octanol–water partition coefficient (Wildman–Crippen LogP) is 4.37. The second-order valence-corrected chi connectivity index (χ2v) is 7.62. The number of hydrogen-bond donors (Lipinski definition) is 5. The summed E-state index contributed by atoms with van der Waals surface area (Å²) in [7, 11) is 0. The van der Waals surface area contributed by atoms with Crippen molar-refractivity contribution >= 4 is 5.97 Å². The van der Waals surface area contributed by atoms with Gasteiger partial charge in [0, 0.05) is 19.6 Å². The Kier molecular flexibility index (Phi) is 23.8. The maximum atomic E-state index is 10.5. The fraction of sp³-hybridized carbons (Fsp3) is 0.955. The zero-order valence-corrected chi connectivity index (χ0v) is 18.1. The smallest absolute Gasteiger partial charge is 0.364 e. The minimum absolute atomic E-state index is 0.0830. The van der Waals surface area contributed by atoms with Gasteiger partial charge in [0.25, 0.3) is 5.79 Å². The minimum atomic E-state index is -2.54. The summed E-state index contributed by atoms with van der Waals surface area (Å²) in [5.74, 6) is -4.10. The van der Waals surface area contributed by atoms with Gasteiger partial charge >= 0.3 is 5.97 Å². The van der Waals surface area contributed by atoms with E-state index >= 15 is 0 Å². The van der Waals surface area contributed by atoms with Crippen LogP contribution in [0.5, 0.6) is 0 Å². The van der Waals surface area contributed by atoms with Crippen molar-refractivity contribution in [3.05, 3.63) is 0 Å². The lowest BCUT2D eigenvalue weighted by molar-refractivity contribution is -0.205. The summed E-state index contributed by atoms with van der Waals surface area (Å²) < 4.78 is 0. The number of carboxylic acids is 1. The van der Waals surface area contributed by atoms with E-state index in [9.17, 15) is 4.79 Å². The Morgan fingerprint density at radius 1 is 0.607 bits per heavy atom. The highest BCUT2D eigenvalue weighted by atomic mass is 16.5. The highest BCUT2D eigenvalue weighted by Gasteiger charge is 2.31. The number of rotatable bonds is 19. The van der Waals surface area contributed by atoms with Crippen molar-refractivity contribution < 1.29 is 30.3 Å². The highest BCUT2D eigenvalue weighted by molar-refractivity contribution is 5.74. The van der Waals surface area contributed by atoms with Crippen molar-refractivity contribution in [2.45, 2.75) is 122 Å². The molecular formula is C22H46O6.